The number of hydrogen-bond donors (Lipinski definition) is 1. The minimum absolute atomic E-state index is 0.0465. The summed E-state index contributed by atoms with van der Waals surface area (Å²) in [5.41, 5.74) is -0.546. The van der Waals surface area contributed by atoms with Crippen molar-refractivity contribution >= 4 is 11.9 Å². The Morgan fingerprint density at radius 1 is 0.792 bits per heavy atom. The van der Waals surface area contributed by atoms with Crippen LogP contribution in [-0.4, -0.2) is 38.4 Å². The van der Waals surface area contributed by atoms with Crippen LogP contribution >= 0.6 is 0 Å². The second-order valence-corrected chi connectivity index (χ2v) is 4.59. The maximum absolute atomic E-state index is 12.1. The van der Waals surface area contributed by atoms with E-state index in [2.05, 4.69) is 9.47 Å². The van der Waals surface area contributed by atoms with Crippen molar-refractivity contribution in [2.75, 3.05) is 21.3 Å². The molecule has 0 amide bonds. The summed E-state index contributed by atoms with van der Waals surface area (Å²) >= 11 is 0. The molecule has 0 saturated heterocycles. The third kappa shape index (κ3) is 3.40. The van der Waals surface area contributed by atoms with E-state index in [9.17, 15) is 14.7 Å². The lowest BCUT2D eigenvalue weighted by Crippen LogP contribution is -2.13. The molecule has 0 heterocycles. The van der Waals surface area contributed by atoms with Crippen LogP contribution in [0.15, 0.2) is 36.4 Å². The first-order valence-electron chi connectivity index (χ1n) is 6.86. The summed E-state index contributed by atoms with van der Waals surface area (Å²) in [7, 11) is 3.83. The molecule has 2 aromatic rings. The average Bonchev–Trinajstić information content (AvgIpc) is 2.62. The Labute approximate surface area is 138 Å². The number of phenolic OH excluding ortho intramolecular Hbond substituents is 1. The van der Waals surface area contributed by atoms with Crippen molar-refractivity contribution in [3.05, 3.63) is 47.5 Å². The van der Waals surface area contributed by atoms with Crippen molar-refractivity contribution in [3.63, 3.8) is 0 Å². The van der Waals surface area contributed by atoms with Crippen LogP contribution in [0.3, 0.4) is 0 Å². The summed E-state index contributed by atoms with van der Waals surface area (Å²) in [4.78, 5) is 24.0. The fraction of sp³-hybridized carbons (Fsp3) is 0.176. The molecular weight excluding hydrogens is 316 g/mol. The summed E-state index contributed by atoms with van der Waals surface area (Å²) in [6.45, 7) is 0. The van der Waals surface area contributed by atoms with Gasteiger partial charge in [-0.25, -0.2) is 9.59 Å². The maximum atomic E-state index is 12.1. The first kappa shape index (κ1) is 17.1. The van der Waals surface area contributed by atoms with E-state index >= 15 is 0 Å². The first-order chi connectivity index (χ1) is 11.5. The topological polar surface area (TPSA) is 91.3 Å². The van der Waals surface area contributed by atoms with E-state index in [4.69, 9.17) is 9.47 Å². The molecule has 0 radical (unpaired) electrons. The molecule has 7 nitrogen and oxygen atoms in total. The van der Waals surface area contributed by atoms with Gasteiger partial charge in [-0.2, -0.15) is 0 Å². The summed E-state index contributed by atoms with van der Waals surface area (Å²) in [6, 6.07) is 9.20. The number of benzene rings is 2. The molecule has 2 rings (SSSR count). The van der Waals surface area contributed by atoms with Gasteiger partial charge in [-0.1, -0.05) is 0 Å². The number of rotatable bonds is 5. The fourth-order valence-electron chi connectivity index (χ4n) is 2.04. The molecule has 0 unspecified atom stereocenters. The standard InChI is InChI=1S/C17H16O7/c1-21-10-4-6-11(7-5-10)24-13-9-8-12(18)14(16(19)22-2)15(13)17(20)23-3/h4-9,18H,1-3H3. The Kier molecular flexibility index (Phi) is 5.26. The quantitative estimate of drug-likeness (QED) is 0.842. The molecule has 0 aliphatic carbocycles. The number of ether oxygens (including phenoxy) is 4. The Bertz CT molecular complexity index is 750. The zero-order chi connectivity index (χ0) is 17.7. The van der Waals surface area contributed by atoms with E-state index in [1.54, 1.807) is 24.3 Å². The second kappa shape index (κ2) is 7.36. The van der Waals surface area contributed by atoms with Crippen LogP contribution in [0.4, 0.5) is 0 Å². The van der Waals surface area contributed by atoms with E-state index < -0.39 is 17.7 Å². The molecule has 7 heteroatoms. The number of carbonyl (C=O) groups excluding carboxylic acids is 2. The van der Waals surface area contributed by atoms with Crippen LogP contribution in [-0.2, 0) is 9.47 Å². The summed E-state index contributed by atoms with van der Waals surface area (Å²) in [6.07, 6.45) is 0. The molecule has 126 valence electrons. The number of methoxy groups -OCH3 is 3. The Morgan fingerprint density at radius 2 is 1.33 bits per heavy atom. The third-order valence-corrected chi connectivity index (χ3v) is 3.21. The zero-order valence-electron chi connectivity index (χ0n) is 13.4. The van der Waals surface area contributed by atoms with Crippen LogP contribution in [0.2, 0.25) is 0 Å². The lowest BCUT2D eigenvalue weighted by Gasteiger charge is -2.14. The van der Waals surface area contributed by atoms with Gasteiger partial charge >= 0.3 is 11.9 Å². The van der Waals surface area contributed by atoms with E-state index in [0.29, 0.717) is 11.5 Å². The molecule has 0 aromatic heterocycles. The minimum Gasteiger partial charge on any atom is -0.507 e. The van der Waals surface area contributed by atoms with Gasteiger partial charge < -0.3 is 24.1 Å². The van der Waals surface area contributed by atoms with Gasteiger partial charge in [0.05, 0.1) is 21.3 Å². The summed E-state index contributed by atoms with van der Waals surface area (Å²) in [5, 5.41) is 9.92. The predicted octanol–water partition coefficient (Wildman–Crippen LogP) is 2.77. The molecule has 0 aliphatic heterocycles. The lowest BCUT2D eigenvalue weighted by atomic mass is 10.0. The molecule has 0 aliphatic rings. The zero-order valence-corrected chi connectivity index (χ0v) is 13.4. The van der Waals surface area contributed by atoms with Gasteiger partial charge in [0.15, 0.2) is 0 Å². The number of aromatic hydroxyl groups is 1. The van der Waals surface area contributed by atoms with E-state index in [-0.39, 0.29) is 16.9 Å². The van der Waals surface area contributed by atoms with Crippen molar-refractivity contribution in [2.45, 2.75) is 0 Å². The number of phenols is 1. The van der Waals surface area contributed by atoms with Gasteiger partial charge in [0.2, 0.25) is 0 Å². The van der Waals surface area contributed by atoms with Gasteiger partial charge in [0, 0.05) is 0 Å². The largest absolute Gasteiger partial charge is 0.507 e. The van der Waals surface area contributed by atoms with Gasteiger partial charge in [-0.3, -0.25) is 0 Å². The number of carbonyl (C=O) groups is 2. The minimum atomic E-state index is -0.881. The Balaban J connectivity index is 2.51. The van der Waals surface area contributed by atoms with Crippen LogP contribution in [0.25, 0.3) is 0 Å². The summed E-state index contributed by atoms with van der Waals surface area (Å²) in [5.74, 6) is -1.05. The van der Waals surface area contributed by atoms with Crippen LogP contribution < -0.4 is 9.47 Å². The van der Waals surface area contributed by atoms with E-state index in [1.807, 2.05) is 0 Å². The molecule has 0 atom stereocenters. The summed E-state index contributed by atoms with van der Waals surface area (Å²) < 4.78 is 20.0. The SMILES string of the molecule is COC(=O)c1c(O)ccc(Oc2ccc(OC)cc2)c1C(=O)OC. The Morgan fingerprint density at radius 3 is 1.88 bits per heavy atom. The third-order valence-electron chi connectivity index (χ3n) is 3.21. The van der Waals surface area contributed by atoms with Crippen molar-refractivity contribution in [2.24, 2.45) is 0 Å². The highest BCUT2D eigenvalue weighted by Gasteiger charge is 2.27. The molecule has 1 N–H and O–H groups in total. The van der Waals surface area contributed by atoms with Crippen LogP contribution in [0, 0.1) is 0 Å². The van der Waals surface area contributed by atoms with Gasteiger partial charge in [-0.05, 0) is 36.4 Å². The molecule has 0 saturated carbocycles. The van der Waals surface area contributed by atoms with Gasteiger partial charge in [0.25, 0.3) is 0 Å². The van der Waals surface area contributed by atoms with E-state index in [1.165, 1.54) is 19.2 Å². The smallest absolute Gasteiger partial charge is 0.342 e. The van der Waals surface area contributed by atoms with Crippen LogP contribution in [0.1, 0.15) is 20.7 Å². The Hall–Kier alpha value is -3.22. The lowest BCUT2D eigenvalue weighted by molar-refractivity contribution is 0.0549. The number of hydrogen-bond acceptors (Lipinski definition) is 7. The van der Waals surface area contributed by atoms with Gasteiger partial charge in [0.1, 0.15) is 34.1 Å². The molecule has 0 spiro atoms. The van der Waals surface area contributed by atoms with Crippen molar-refractivity contribution in [1.82, 2.24) is 0 Å². The van der Waals surface area contributed by atoms with Crippen molar-refractivity contribution in [1.29, 1.82) is 0 Å². The highest BCUT2D eigenvalue weighted by molar-refractivity contribution is 6.07. The molecular formula is C17H16O7. The van der Waals surface area contributed by atoms with Crippen molar-refractivity contribution in [3.8, 4) is 23.0 Å². The van der Waals surface area contributed by atoms with Crippen molar-refractivity contribution < 1.29 is 33.6 Å². The monoisotopic (exact) mass is 332 g/mol. The highest BCUT2D eigenvalue weighted by Crippen LogP contribution is 2.34. The second-order valence-electron chi connectivity index (χ2n) is 4.59. The van der Waals surface area contributed by atoms with Gasteiger partial charge in [-0.15, -0.1) is 0 Å². The molecule has 2 aromatic carbocycles. The molecule has 24 heavy (non-hydrogen) atoms. The average molecular weight is 332 g/mol. The predicted molar refractivity (Wildman–Crippen MR) is 83.9 cm³/mol. The molecule has 0 bridgehead atoms. The first-order valence-corrected chi connectivity index (χ1v) is 6.86. The number of esters is 2. The highest BCUT2D eigenvalue weighted by atomic mass is 16.5. The van der Waals surface area contributed by atoms with Crippen LogP contribution in [0.5, 0.6) is 23.0 Å². The maximum Gasteiger partial charge on any atom is 0.342 e. The molecule has 0 fully saturated rings. The normalized spacial score (nSPS) is 9.96. The van der Waals surface area contributed by atoms with E-state index in [0.717, 1.165) is 14.2 Å². The fourth-order valence-corrected chi connectivity index (χ4v) is 2.04.